The van der Waals surface area contributed by atoms with E-state index >= 15 is 0 Å². The number of rotatable bonds is 4. The Labute approximate surface area is 104 Å². The number of hydrogen-bond acceptors (Lipinski definition) is 4. The van der Waals surface area contributed by atoms with Gasteiger partial charge in [-0.05, 0) is 25.5 Å². The first-order valence-electron chi connectivity index (χ1n) is 5.56. The Morgan fingerprint density at radius 2 is 2.18 bits per heavy atom. The molecule has 1 saturated heterocycles. The molecule has 0 aromatic rings. The molecule has 1 heterocycles. The lowest BCUT2D eigenvalue weighted by Gasteiger charge is -2.24. The highest BCUT2D eigenvalue weighted by Gasteiger charge is 2.26. The van der Waals surface area contributed by atoms with Gasteiger partial charge in [0, 0.05) is 11.8 Å². The van der Waals surface area contributed by atoms with Crippen LogP contribution in [0.25, 0.3) is 0 Å². The molecular weight excluding hydrogens is 244 g/mol. The maximum Gasteiger partial charge on any atom is 0.328 e. The molecule has 1 rings (SSSR count). The molecular formula is C10H18N2O4S. The summed E-state index contributed by atoms with van der Waals surface area (Å²) in [7, 11) is 0. The first kappa shape index (κ1) is 14.1. The highest BCUT2D eigenvalue weighted by Crippen LogP contribution is 2.16. The number of carboxylic acid groups (broad SMARTS) is 1. The lowest BCUT2D eigenvalue weighted by Crippen LogP contribution is -2.53. The molecule has 1 fully saturated rings. The predicted octanol–water partition coefficient (Wildman–Crippen LogP) is 0.0152. The third-order valence-electron chi connectivity index (χ3n) is 2.53. The summed E-state index contributed by atoms with van der Waals surface area (Å²) in [5, 5.41) is 23.0. The summed E-state index contributed by atoms with van der Waals surface area (Å²) in [6.07, 6.45) is 0.834. The molecule has 3 unspecified atom stereocenters. The largest absolute Gasteiger partial charge is 0.480 e. The zero-order valence-electron chi connectivity index (χ0n) is 9.68. The summed E-state index contributed by atoms with van der Waals surface area (Å²) in [4.78, 5) is 22.3. The van der Waals surface area contributed by atoms with Gasteiger partial charge in [-0.25, -0.2) is 9.59 Å². The van der Waals surface area contributed by atoms with E-state index < -0.39 is 24.1 Å². The van der Waals surface area contributed by atoms with Crippen LogP contribution in [0.2, 0.25) is 0 Å². The molecule has 98 valence electrons. The van der Waals surface area contributed by atoms with Crippen molar-refractivity contribution in [1.29, 1.82) is 0 Å². The van der Waals surface area contributed by atoms with Gasteiger partial charge in [-0.15, -0.1) is 0 Å². The van der Waals surface area contributed by atoms with Gasteiger partial charge in [-0.3, -0.25) is 0 Å². The van der Waals surface area contributed by atoms with Gasteiger partial charge in [0.15, 0.2) is 6.04 Å². The molecule has 3 atom stereocenters. The second kappa shape index (κ2) is 6.70. The number of aliphatic carboxylic acids is 1. The highest BCUT2D eigenvalue weighted by atomic mass is 32.2. The minimum atomic E-state index is -1.27. The summed E-state index contributed by atoms with van der Waals surface area (Å²) in [5.74, 6) is 0.707. The molecule has 0 bridgehead atoms. The third kappa shape index (κ3) is 4.82. The quantitative estimate of drug-likeness (QED) is 0.572. The minimum absolute atomic E-state index is 0.0807. The van der Waals surface area contributed by atoms with Crippen LogP contribution in [-0.4, -0.2) is 51.9 Å². The van der Waals surface area contributed by atoms with Crippen molar-refractivity contribution >= 4 is 23.8 Å². The Hall–Kier alpha value is -0.950. The number of carboxylic acids is 1. The zero-order valence-corrected chi connectivity index (χ0v) is 10.5. The first-order valence-corrected chi connectivity index (χ1v) is 6.72. The molecule has 4 N–H and O–H groups in total. The van der Waals surface area contributed by atoms with E-state index in [2.05, 4.69) is 10.6 Å². The van der Waals surface area contributed by atoms with Gasteiger partial charge in [0.05, 0.1) is 6.10 Å². The fourth-order valence-electron chi connectivity index (χ4n) is 1.61. The van der Waals surface area contributed by atoms with Crippen molar-refractivity contribution in [3.05, 3.63) is 0 Å². The molecule has 0 aromatic carbocycles. The molecule has 0 spiro atoms. The van der Waals surface area contributed by atoms with Crippen molar-refractivity contribution in [3.8, 4) is 0 Å². The molecule has 1 aliphatic rings. The highest BCUT2D eigenvalue weighted by molar-refractivity contribution is 7.99. The fraction of sp³-hybridized carbons (Fsp3) is 0.800. The van der Waals surface area contributed by atoms with Crippen LogP contribution in [0.1, 0.15) is 19.8 Å². The van der Waals surface area contributed by atoms with Gasteiger partial charge < -0.3 is 20.8 Å². The second-order valence-electron chi connectivity index (χ2n) is 4.09. The van der Waals surface area contributed by atoms with E-state index in [0.717, 1.165) is 24.3 Å². The predicted molar refractivity (Wildman–Crippen MR) is 65.1 cm³/mol. The summed E-state index contributed by atoms with van der Waals surface area (Å²) in [6, 6.07) is -1.73. The second-order valence-corrected chi connectivity index (χ2v) is 5.24. The van der Waals surface area contributed by atoms with Gasteiger partial charge in [-0.1, -0.05) is 0 Å². The summed E-state index contributed by atoms with van der Waals surface area (Å²) >= 11 is 1.77. The Morgan fingerprint density at radius 3 is 2.65 bits per heavy atom. The fourth-order valence-corrected chi connectivity index (χ4v) is 2.68. The Kier molecular flexibility index (Phi) is 5.57. The Morgan fingerprint density at radius 1 is 1.47 bits per heavy atom. The number of hydrogen-bond donors (Lipinski definition) is 4. The summed E-state index contributed by atoms with van der Waals surface area (Å²) in [6.45, 7) is 1.33. The molecule has 17 heavy (non-hydrogen) atoms. The van der Waals surface area contributed by atoms with E-state index in [1.807, 2.05) is 0 Å². The van der Waals surface area contributed by atoms with Crippen LogP contribution in [0.15, 0.2) is 0 Å². The topological polar surface area (TPSA) is 98.7 Å². The molecule has 0 radical (unpaired) electrons. The molecule has 1 aliphatic heterocycles. The van der Waals surface area contributed by atoms with Gasteiger partial charge in [-0.2, -0.15) is 11.8 Å². The number of aliphatic hydroxyl groups excluding tert-OH is 1. The van der Waals surface area contributed by atoms with Crippen LogP contribution in [0.5, 0.6) is 0 Å². The van der Waals surface area contributed by atoms with Crippen molar-refractivity contribution in [2.75, 3.05) is 11.5 Å². The van der Waals surface area contributed by atoms with E-state index in [-0.39, 0.29) is 6.04 Å². The Balaban J connectivity index is 2.38. The average Bonchev–Trinajstić information content (AvgIpc) is 2.26. The number of nitrogens with one attached hydrogen (secondary N) is 2. The van der Waals surface area contributed by atoms with Crippen LogP contribution in [0, 0.1) is 0 Å². The molecule has 0 aliphatic carbocycles. The number of carbonyl (C=O) groups is 2. The van der Waals surface area contributed by atoms with E-state index in [0.29, 0.717) is 0 Å². The van der Waals surface area contributed by atoms with E-state index in [1.165, 1.54) is 6.92 Å². The SMILES string of the molecule is CC(O)C(NC(=O)NC1CCCSC1)C(=O)O. The van der Waals surface area contributed by atoms with Crippen LogP contribution in [0.4, 0.5) is 4.79 Å². The van der Waals surface area contributed by atoms with Crippen LogP contribution >= 0.6 is 11.8 Å². The van der Waals surface area contributed by atoms with Crippen molar-refractivity contribution in [3.63, 3.8) is 0 Å². The number of urea groups is 1. The zero-order chi connectivity index (χ0) is 12.8. The summed E-state index contributed by atoms with van der Waals surface area (Å²) in [5.41, 5.74) is 0. The maximum absolute atomic E-state index is 11.5. The molecule has 2 amide bonds. The van der Waals surface area contributed by atoms with Gasteiger partial charge in [0.2, 0.25) is 0 Å². The standard InChI is InChI=1S/C10H18N2O4S/c1-6(13)8(9(14)15)12-10(16)11-7-3-2-4-17-5-7/h6-8,13H,2-5H2,1H3,(H,14,15)(H2,11,12,16). The minimum Gasteiger partial charge on any atom is -0.480 e. The number of amides is 2. The van der Waals surface area contributed by atoms with Gasteiger partial charge >= 0.3 is 12.0 Å². The smallest absolute Gasteiger partial charge is 0.328 e. The van der Waals surface area contributed by atoms with Crippen molar-refractivity contribution < 1.29 is 19.8 Å². The molecule has 6 nitrogen and oxygen atoms in total. The van der Waals surface area contributed by atoms with E-state index in [9.17, 15) is 14.7 Å². The van der Waals surface area contributed by atoms with Crippen LogP contribution in [0.3, 0.4) is 0 Å². The van der Waals surface area contributed by atoms with Gasteiger partial charge in [0.25, 0.3) is 0 Å². The molecule has 0 saturated carbocycles. The van der Waals surface area contributed by atoms with Crippen LogP contribution in [-0.2, 0) is 4.79 Å². The lowest BCUT2D eigenvalue weighted by atomic mass is 10.2. The average molecular weight is 262 g/mol. The number of thioether (sulfide) groups is 1. The monoisotopic (exact) mass is 262 g/mol. The van der Waals surface area contributed by atoms with E-state index in [4.69, 9.17) is 5.11 Å². The summed E-state index contributed by atoms with van der Waals surface area (Å²) < 4.78 is 0. The molecule has 0 aromatic heterocycles. The van der Waals surface area contributed by atoms with Crippen molar-refractivity contribution in [2.24, 2.45) is 0 Å². The number of aliphatic hydroxyl groups is 1. The molecule has 7 heteroatoms. The number of carbonyl (C=O) groups excluding carboxylic acids is 1. The Bertz CT molecular complexity index is 279. The van der Waals surface area contributed by atoms with Crippen LogP contribution < -0.4 is 10.6 Å². The third-order valence-corrected chi connectivity index (χ3v) is 3.75. The maximum atomic E-state index is 11.5. The van der Waals surface area contributed by atoms with Crippen molar-refractivity contribution in [2.45, 2.75) is 38.0 Å². The van der Waals surface area contributed by atoms with Gasteiger partial charge in [0.1, 0.15) is 0 Å². The lowest BCUT2D eigenvalue weighted by molar-refractivity contribution is -0.141. The normalized spacial score (nSPS) is 23.5. The first-order chi connectivity index (χ1) is 8.00. The van der Waals surface area contributed by atoms with Crippen molar-refractivity contribution in [1.82, 2.24) is 10.6 Å². The van der Waals surface area contributed by atoms with E-state index in [1.54, 1.807) is 11.8 Å².